The van der Waals surface area contributed by atoms with Crippen LogP contribution in [0.25, 0.3) is 15.5 Å². The van der Waals surface area contributed by atoms with Crippen LogP contribution in [0.2, 0.25) is 0 Å². The normalized spacial score (nSPS) is 18.3. The summed E-state index contributed by atoms with van der Waals surface area (Å²) in [5.41, 5.74) is 0.767. The van der Waals surface area contributed by atoms with E-state index in [9.17, 15) is 14.0 Å². The lowest BCUT2D eigenvalue weighted by molar-refractivity contribution is -0.138. The molecule has 168 valence electrons. The van der Waals surface area contributed by atoms with E-state index in [2.05, 4.69) is 15.0 Å². The van der Waals surface area contributed by atoms with Crippen LogP contribution in [0.4, 0.5) is 4.39 Å². The van der Waals surface area contributed by atoms with Gasteiger partial charge in [0.2, 0.25) is 10.9 Å². The quantitative estimate of drug-likeness (QED) is 0.604. The molecule has 1 amide bonds. The Morgan fingerprint density at radius 2 is 1.84 bits per heavy atom. The Morgan fingerprint density at radius 1 is 1.09 bits per heavy atom. The Bertz CT molecular complexity index is 1180. The van der Waals surface area contributed by atoms with Gasteiger partial charge >= 0.3 is 0 Å². The average Bonchev–Trinajstić information content (AvgIpc) is 3.24. The zero-order valence-electron chi connectivity index (χ0n) is 17.9. The molecule has 32 heavy (non-hydrogen) atoms. The number of hydrogen-bond acceptors (Lipinski definition) is 6. The molecule has 5 rings (SSSR count). The van der Waals surface area contributed by atoms with Crippen molar-refractivity contribution in [3.05, 3.63) is 52.2 Å². The van der Waals surface area contributed by atoms with Crippen LogP contribution in [0.1, 0.15) is 37.8 Å². The van der Waals surface area contributed by atoms with Crippen LogP contribution in [0.15, 0.2) is 35.1 Å². The Morgan fingerprint density at radius 3 is 2.59 bits per heavy atom. The number of aromatic nitrogens is 3. The Balaban J connectivity index is 1.26. The molecule has 9 heteroatoms. The Kier molecular flexibility index (Phi) is 6.01. The van der Waals surface area contributed by atoms with Gasteiger partial charge in [-0.1, -0.05) is 42.7 Å². The molecule has 0 atom stereocenters. The lowest BCUT2D eigenvalue weighted by Crippen LogP contribution is -2.50. The lowest BCUT2D eigenvalue weighted by Gasteiger charge is -2.37. The van der Waals surface area contributed by atoms with Crippen molar-refractivity contribution < 1.29 is 9.18 Å². The number of hydrogen-bond donors (Lipinski definition) is 0. The van der Waals surface area contributed by atoms with Crippen LogP contribution in [-0.2, 0) is 11.3 Å². The van der Waals surface area contributed by atoms with Crippen molar-refractivity contribution in [2.24, 2.45) is 5.92 Å². The first-order chi connectivity index (χ1) is 15.6. The van der Waals surface area contributed by atoms with E-state index in [0.717, 1.165) is 38.8 Å². The summed E-state index contributed by atoms with van der Waals surface area (Å²) in [6, 6.07) is 7.88. The highest BCUT2D eigenvalue weighted by molar-refractivity contribution is 7.19. The standard InChI is InChI=1S/C23H26FN5O2S/c24-19-9-5-4-8-18(19)21-26-29-20(30)14-17(25-23(29)32-21)15-27-10-12-28(13-11-27)22(31)16-6-2-1-3-7-16/h4-5,8-9,14,16H,1-3,6-7,10-13,15H2. The van der Waals surface area contributed by atoms with E-state index in [0.29, 0.717) is 46.8 Å². The third-order valence-electron chi connectivity index (χ3n) is 6.43. The molecular weight excluding hydrogens is 429 g/mol. The van der Waals surface area contributed by atoms with Crippen molar-refractivity contribution in [2.75, 3.05) is 26.2 Å². The summed E-state index contributed by atoms with van der Waals surface area (Å²) in [6.45, 7) is 3.51. The van der Waals surface area contributed by atoms with Crippen LogP contribution >= 0.6 is 11.3 Å². The van der Waals surface area contributed by atoms with Crippen LogP contribution in [0, 0.1) is 11.7 Å². The van der Waals surface area contributed by atoms with Gasteiger partial charge in [-0.25, -0.2) is 9.37 Å². The molecule has 1 saturated heterocycles. The lowest BCUT2D eigenvalue weighted by atomic mass is 9.88. The average molecular weight is 456 g/mol. The number of amides is 1. The summed E-state index contributed by atoms with van der Waals surface area (Å²) < 4.78 is 15.4. The second kappa shape index (κ2) is 9.07. The van der Waals surface area contributed by atoms with E-state index < -0.39 is 0 Å². The van der Waals surface area contributed by atoms with Crippen LogP contribution < -0.4 is 5.56 Å². The van der Waals surface area contributed by atoms with Gasteiger partial charge in [0, 0.05) is 50.3 Å². The first kappa shape index (κ1) is 21.2. The van der Waals surface area contributed by atoms with Gasteiger partial charge in [-0.2, -0.15) is 9.61 Å². The first-order valence-corrected chi connectivity index (χ1v) is 12.1. The first-order valence-electron chi connectivity index (χ1n) is 11.2. The molecule has 3 heterocycles. The molecule has 2 fully saturated rings. The highest BCUT2D eigenvalue weighted by atomic mass is 32.1. The Labute approximate surface area is 189 Å². The van der Waals surface area contributed by atoms with E-state index in [4.69, 9.17) is 0 Å². The molecular formula is C23H26FN5O2S. The number of nitrogens with zero attached hydrogens (tertiary/aromatic N) is 5. The molecule has 0 N–H and O–H groups in total. The fourth-order valence-electron chi connectivity index (χ4n) is 4.64. The van der Waals surface area contributed by atoms with Gasteiger partial charge in [-0.3, -0.25) is 14.5 Å². The molecule has 1 aliphatic heterocycles. The van der Waals surface area contributed by atoms with Crippen LogP contribution in [0.3, 0.4) is 0 Å². The summed E-state index contributed by atoms with van der Waals surface area (Å²) in [6.07, 6.45) is 5.62. The second-order valence-electron chi connectivity index (χ2n) is 8.60. The Hall–Kier alpha value is -2.65. The summed E-state index contributed by atoms with van der Waals surface area (Å²) in [7, 11) is 0. The molecule has 0 bridgehead atoms. The van der Waals surface area contributed by atoms with E-state index in [-0.39, 0.29) is 17.3 Å². The molecule has 1 aliphatic carbocycles. The van der Waals surface area contributed by atoms with E-state index in [1.54, 1.807) is 18.2 Å². The van der Waals surface area contributed by atoms with Crippen molar-refractivity contribution in [1.82, 2.24) is 24.4 Å². The third kappa shape index (κ3) is 4.31. The van der Waals surface area contributed by atoms with Crippen molar-refractivity contribution in [2.45, 2.75) is 38.6 Å². The molecule has 7 nitrogen and oxygen atoms in total. The summed E-state index contributed by atoms with van der Waals surface area (Å²) in [5.74, 6) is 0.141. The molecule has 0 spiro atoms. The van der Waals surface area contributed by atoms with Gasteiger partial charge in [0.05, 0.1) is 5.69 Å². The predicted molar refractivity (Wildman–Crippen MR) is 121 cm³/mol. The van der Waals surface area contributed by atoms with Crippen LogP contribution in [-0.4, -0.2) is 56.5 Å². The maximum absolute atomic E-state index is 14.1. The van der Waals surface area contributed by atoms with Crippen molar-refractivity contribution in [3.63, 3.8) is 0 Å². The van der Waals surface area contributed by atoms with Gasteiger partial charge < -0.3 is 4.90 Å². The van der Waals surface area contributed by atoms with Gasteiger partial charge in [-0.05, 0) is 25.0 Å². The number of carbonyl (C=O) groups is 1. The predicted octanol–water partition coefficient (Wildman–Crippen LogP) is 3.18. The monoisotopic (exact) mass is 455 g/mol. The van der Waals surface area contributed by atoms with Gasteiger partial charge in [-0.15, -0.1) is 0 Å². The number of piperazine rings is 1. The maximum atomic E-state index is 14.1. The second-order valence-corrected chi connectivity index (χ2v) is 9.56. The summed E-state index contributed by atoms with van der Waals surface area (Å²) in [5, 5.41) is 4.70. The highest BCUT2D eigenvalue weighted by Crippen LogP contribution is 2.27. The smallest absolute Gasteiger partial charge is 0.275 e. The topological polar surface area (TPSA) is 70.8 Å². The van der Waals surface area contributed by atoms with Crippen molar-refractivity contribution >= 4 is 22.2 Å². The molecule has 3 aromatic rings. The van der Waals surface area contributed by atoms with Gasteiger partial charge in [0.25, 0.3) is 5.56 Å². The fourth-order valence-corrected chi connectivity index (χ4v) is 5.60. The number of fused-ring (bicyclic) bond motifs is 1. The van der Waals surface area contributed by atoms with Gasteiger partial charge in [0.1, 0.15) is 5.82 Å². The number of halogens is 1. The maximum Gasteiger partial charge on any atom is 0.275 e. The largest absolute Gasteiger partial charge is 0.340 e. The highest BCUT2D eigenvalue weighted by Gasteiger charge is 2.28. The number of carbonyl (C=O) groups excluding carboxylic acids is 1. The number of rotatable bonds is 4. The molecule has 2 aromatic heterocycles. The molecule has 0 radical (unpaired) electrons. The van der Waals surface area contributed by atoms with Crippen molar-refractivity contribution in [1.29, 1.82) is 0 Å². The SMILES string of the molecule is O=C(C1CCCCC1)N1CCN(Cc2cc(=O)n3nc(-c4ccccc4F)sc3n2)CC1. The minimum atomic E-state index is -0.375. The fraction of sp³-hybridized carbons (Fsp3) is 0.478. The summed E-state index contributed by atoms with van der Waals surface area (Å²) in [4.78, 5) is 34.6. The van der Waals surface area contributed by atoms with Gasteiger partial charge in [0.15, 0.2) is 5.01 Å². The molecule has 1 aromatic carbocycles. The molecule has 0 unspecified atom stereocenters. The number of benzene rings is 1. The van der Waals surface area contributed by atoms with E-state index in [1.807, 2.05) is 4.90 Å². The third-order valence-corrected chi connectivity index (χ3v) is 7.37. The molecule has 1 saturated carbocycles. The van der Waals surface area contributed by atoms with E-state index in [1.165, 1.54) is 34.4 Å². The zero-order chi connectivity index (χ0) is 22.1. The van der Waals surface area contributed by atoms with E-state index >= 15 is 0 Å². The minimum absolute atomic E-state index is 0.203. The van der Waals surface area contributed by atoms with Crippen LogP contribution in [0.5, 0.6) is 0 Å². The van der Waals surface area contributed by atoms with Crippen molar-refractivity contribution in [3.8, 4) is 10.6 Å². The summed E-state index contributed by atoms with van der Waals surface area (Å²) >= 11 is 1.20. The molecule has 2 aliphatic rings. The zero-order valence-corrected chi connectivity index (χ0v) is 18.7. The minimum Gasteiger partial charge on any atom is -0.340 e.